The highest BCUT2D eigenvalue weighted by Crippen LogP contribution is 2.43. The first-order valence-electron chi connectivity index (χ1n) is 6.78. The van der Waals surface area contributed by atoms with Crippen molar-refractivity contribution < 1.29 is 14.6 Å². The summed E-state index contributed by atoms with van der Waals surface area (Å²) in [6, 6.07) is 7.82. The summed E-state index contributed by atoms with van der Waals surface area (Å²) in [5.74, 6) is -1.19. The maximum absolute atomic E-state index is 11.9. The predicted octanol–water partition coefficient (Wildman–Crippen LogP) is 3.15. The highest BCUT2D eigenvalue weighted by molar-refractivity contribution is 5.95. The molecule has 1 heterocycles. The van der Waals surface area contributed by atoms with Gasteiger partial charge in [-0.25, -0.2) is 4.79 Å². The maximum Gasteiger partial charge on any atom is 0.342 e. The molecule has 0 bridgehead atoms. The van der Waals surface area contributed by atoms with Crippen LogP contribution in [0.2, 0.25) is 0 Å². The van der Waals surface area contributed by atoms with Crippen molar-refractivity contribution >= 4 is 22.9 Å². The lowest BCUT2D eigenvalue weighted by Crippen LogP contribution is -2.46. The van der Waals surface area contributed by atoms with Crippen LogP contribution < -0.4 is 0 Å². The SMILES string of the molecule is CCOC1(C(=O)O)c2[nH]c3ccccc3c2C=CC1C. The number of aliphatic carboxylic acids is 1. The number of carboxylic acid groups (broad SMARTS) is 1. The number of carbonyl (C=O) groups is 1. The molecule has 20 heavy (non-hydrogen) atoms. The van der Waals surface area contributed by atoms with E-state index in [0.29, 0.717) is 12.3 Å². The number of H-pyrrole nitrogens is 1. The van der Waals surface area contributed by atoms with Crippen molar-refractivity contribution in [1.29, 1.82) is 0 Å². The third kappa shape index (κ3) is 1.55. The van der Waals surface area contributed by atoms with Crippen LogP contribution >= 0.6 is 0 Å². The monoisotopic (exact) mass is 271 g/mol. The van der Waals surface area contributed by atoms with Gasteiger partial charge in [0.05, 0.1) is 5.69 Å². The molecule has 0 amide bonds. The van der Waals surface area contributed by atoms with Gasteiger partial charge < -0.3 is 14.8 Å². The van der Waals surface area contributed by atoms with E-state index in [9.17, 15) is 9.90 Å². The van der Waals surface area contributed by atoms with Crippen molar-refractivity contribution in [2.24, 2.45) is 5.92 Å². The summed E-state index contributed by atoms with van der Waals surface area (Å²) in [5, 5.41) is 10.8. The number of rotatable bonds is 3. The fraction of sp³-hybridized carbons (Fsp3) is 0.312. The van der Waals surface area contributed by atoms with E-state index in [1.165, 1.54) is 0 Å². The van der Waals surface area contributed by atoms with Gasteiger partial charge in [0.2, 0.25) is 5.60 Å². The molecule has 0 fully saturated rings. The molecule has 104 valence electrons. The molecule has 0 spiro atoms. The zero-order valence-electron chi connectivity index (χ0n) is 11.5. The van der Waals surface area contributed by atoms with E-state index in [4.69, 9.17) is 4.74 Å². The molecule has 2 N–H and O–H groups in total. The molecule has 4 nitrogen and oxygen atoms in total. The summed E-state index contributed by atoms with van der Waals surface area (Å²) in [6.07, 6.45) is 3.89. The van der Waals surface area contributed by atoms with E-state index < -0.39 is 11.6 Å². The van der Waals surface area contributed by atoms with E-state index in [1.807, 2.05) is 50.3 Å². The summed E-state index contributed by atoms with van der Waals surface area (Å²) in [4.78, 5) is 15.2. The van der Waals surface area contributed by atoms with Gasteiger partial charge in [-0.1, -0.05) is 37.3 Å². The molecule has 0 saturated carbocycles. The lowest BCUT2D eigenvalue weighted by Gasteiger charge is -2.35. The van der Waals surface area contributed by atoms with Crippen LogP contribution in [0.5, 0.6) is 0 Å². The molecule has 1 aromatic carbocycles. The van der Waals surface area contributed by atoms with Gasteiger partial charge in [0.15, 0.2) is 0 Å². The van der Waals surface area contributed by atoms with E-state index >= 15 is 0 Å². The lowest BCUT2D eigenvalue weighted by molar-refractivity contribution is -0.173. The van der Waals surface area contributed by atoms with Gasteiger partial charge >= 0.3 is 5.97 Å². The molecular formula is C16H17NO3. The van der Waals surface area contributed by atoms with Crippen molar-refractivity contribution in [2.45, 2.75) is 19.4 Å². The van der Waals surface area contributed by atoms with Crippen LogP contribution in [-0.2, 0) is 15.1 Å². The van der Waals surface area contributed by atoms with Crippen LogP contribution in [0.4, 0.5) is 0 Å². The van der Waals surface area contributed by atoms with Crippen LogP contribution in [0.1, 0.15) is 25.1 Å². The van der Waals surface area contributed by atoms with Gasteiger partial charge in [0.25, 0.3) is 0 Å². The molecule has 0 radical (unpaired) electrons. The Labute approximate surface area is 117 Å². The number of hydrogen-bond acceptors (Lipinski definition) is 2. The van der Waals surface area contributed by atoms with Crippen LogP contribution in [0.15, 0.2) is 30.3 Å². The normalized spacial score (nSPS) is 24.8. The number of fused-ring (bicyclic) bond motifs is 3. The number of hydrogen-bond donors (Lipinski definition) is 2. The Hall–Kier alpha value is -2.07. The van der Waals surface area contributed by atoms with E-state index in [1.54, 1.807) is 0 Å². The zero-order chi connectivity index (χ0) is 14.3. The van der Waals surface area contributed by atoms with Crippen LogP contribution in [-0.4, -0.2) is 22.7 Å². The fourth-order valence-electron chi connectivity index (χ4n) is 3.03. The molecule has 2 atom stereocenters. The second kappa shape index (κ2) is 4.49. The Kier molecular flexibility index (Phi) is 2.91. The van der Waals surface area contributed by atoms with Crippen LogP contribution in [0.25, 0.3) is 17.0 Å². The molecule has 1 aromatic heterocycles. The number of aromatic nitrogens is 1. The molecule has 2 aromatic rings. The summed E-state index contributed by atoms with van der Waals surface area (Å²) in [6.45, 7) is 4.03. The highest BCUT2D eigenvalue weighted by Gasteiger charge is 2.50. The molecule has 4 heteroatoms. The number of nitrogens with one attached hydrogen (secondary N) is 1. The zero-order valence-corrected chi connectivity index (χ0v) is 11.5. The standard InChI is InChI=1S/C16H17NO3/c1-3-20-16(15(18)19)10(2)8-9-12-11-6-4-5-7-13(11)17-14(12)16/h4-10,17H,3H2,1-2H3,(H,18,19). The maximum atomic E-state index is 11.9. The Morgan fingerprint density at radius 1 is 1.45 bits per heavy atom. The molecule has 2 unspecified atom stereocenters. The number of carboxylic acids is 1. The molecule has 3 rings (SSSR count). The van der Waals surface area contributed by atoms with Crippen molar-refractivity contribution in [3.05, 3.63) is 41.6 Å². The minimum atomic E-state index is -1.34. The van der Waals surface area contributed by atoms with Crippen LogP contribution in [0.3, 0.4) is 0 Å². The number of benzene rings is 1. The predicted molar refractivity (Wildman–Crippen MR) is 77.4 cm³/mol. The van der Waals surface area contributed by atoms with E-state index in [-0.39, 0.29) is 5.92 Å². The van der Waals surface area contributed by atoms with Gasteiger partial charge in [-0.3, -0.25) is 0 Å². The number of ether oxygens (including phenoxy) is 1. The summed E-state index contributed by atoms with van der Waals surface area (Å²) in [7, 11) is 0. The Bertz CT molecular complexity index is 701. The first-order valence-corrected chi connectivity index (χ1v) is 6.78. The Morgan fingerprint density at radius 2 is 2.20 bits per heavy atom. The molecule has 1 aliphatic rings. The number of para-hydroxylation sites is 1. The average molecular weight is 271 g/mol. The van der Waals surface area contributed by atoms with Gasteiger partial charge in [-0.2, -0.15) is 0 Å². The Balaban J connectivity index is 2.33. The largest absolute Gasteiger partial charge is 0.479 e. The first kappa shape index (κ1) is 12.9. The van der Waals surface area contributed by atoms with Gasteiger partial charge in [0, 0.05) is 29.0 Å². The number of aromatic amines is 1. The smallest absolute Gasteiger partial charge is 0.342 e. The van der Waals surface area contributed by atoms with Gasteiger partial charge in [-0.05, 0) is 13.0 Å². The summed E-state index contributed by atoms with van der Waals surface area (Å²) < 4.78 is 5.72. The minimum Gasteiger partial charge on any atom is -0.479 e. The van der Waals surface area contributed by atoms with Crippen molar-refractivity contribution in [3.8, 4) is 0 Å². The summed E-state index contributed by atoms with van der Waals surface area (Å²) >= 11 is 0. The third-order valence-electron chi connectivity index (χ3n) is 4.00. The van der Waals surface area contributed by atoms with Crippen LogP contribution in [0, 0.1) is 5.92 Å². The van der Waals surface area contributed by atoms with E-state index in [2.05, 4.69) is 4.98 Å². The minimum absolute atomic E-state index is 0.236. The van der Waals surface area contributed by atoms with Crippen molar-refractivity contribution in [3.63, 3.8) is 0 Å². The summed E-state index contributed by atoms with van der Waals surface area (Å²) in [5.41, 5.74) is 1.15. The fourth-order valence-corrected chi connectivity index (χ4v) is 3.03. The topological polar surface area (TPSA) is 62.3 Å². The van der Waals surface area contributed by atoms with Crippen molar-refractivity contribution in [1.82, 2.24) is 4.98 Å². The molecule has 1 aliphatic carbocycles. The average Bonchev–Trinajstić information content (AvgIpc) is 2.81. The third-order valence-corrected chi connectivity index (χ3v) is 4.00. The quantitative estimate of drug-likeness (QED) is 0.901. The Morgan fingerprint density at radius 3 is 2.90 bits per heavy atom. The van der Waals surface area contributed by atoms with E-state index in [0.717, 1.165) is 16.5 Å². The van der Waals surface area contributed by atoms with Gasteiger partial charge in [-0.15, -0.1) is 0 Å². The lowest BCUT2D eigenvalue weighted by atomic mass is 9.79. The second-order valence-corrected chi connectivity index (χ2v) is 5.08. The molecule has 0 saturated heterocycles. The highest BCUT2D eigenvalue weighted by atomic mass is 16.5. The molecular weight excluding hydrogens is 254 g/mol. The molecule has 0 aliphatic heterocycles. The first-order chi connectivity index (χ1) is 9.61. The second-order valence-electron chi connectivity index (χ2n) is 5.08. The van der Waals surface area contributed by atoms with Gasteiger partial charge in [0.1, 0.15) is 0 Å². The van der Waals surface area contributed by atoms with Crippen molar-refractivity contribution in [2.75, 3.05) is 6.61 Å².